The highest BCUT2D eigenvalue weighted by molar-refractivity contribution is 5.79. The van der Waals surface area contributed by atoms with Gasteiger partial charge in [-0.15, -0.1) is 0 Å². The largest absolute Gasteiger partial charge is 0.484 e. The predicted octanol–water partition coefficient (Wildman–Crippen LogP) is 2.06. The van der Waals surface area contributed by atoms with E-state index in [-0.39, 0.29) is 12.5 Å². The Morgan fingerprint density at radius 3 is 2.80 bits per heavy atom. The second-order valence-electron chi connectivity index (χ2n) is 6.75. The molecule has 1 aliphatic rings. The molecule has 1 aromatic carbocycles. The van der Waals surface area contributed by atoms with Crippen molar-refractivity contribution in [3.05, 3.63) is 29.8 Å². The summed E-state index contributed by atoms with van der Waals surface area (Å²) >= 11 is 0. The zero-order valence-electron chi connectivity index (χ0n) is 15.5. The Labute approximate surface area is 150 Å². The van der Waals surface area contributed by atoms with Crippen molar-refractivity contribution < 1.29 is 9.53 Å². The fourth-order valence-corrected chi connectivity index (χ4v) is 2.19. The number of rotatable bonds is 9. The number of guanidine groups is 1. The van der Waals surface area contributed by atoms with Gasteiger partial charge in [0, 0.05) is 19.1 Å². The number of nitrogens with one attached hydrogen (secondary N) is 3. The number of carbonyl (C=O) groups excluding carboxylic acids is 1. The first kappa shape index (κ1) is 19.1. The summed E-state index contributed by atoms with van der Waals surface area (Å²) in [5.74, 6) is 2.01. The molecule has 25 heavy (non-hydrogen) atoms. The number of nitrogens with zero attached hydrogens (tertiary/aromatic N) is 1. The molecule has 0 atom stereocenters. The normalized spacial score (nSPS) is 14.3. The Morgan fingerprint density at radius 1 is 1.32 bits per heavy atom. The van der Waals surface area contributed by atoms with Gasteiger partial charge in [-0.2, -0.15) is 0 Å². The number of amides is 1. The minimum Gasteiger partial charge on any atom is -0.484 e. The van der Waals surface area contributed by atoms with Crippen molar-refractivity contribution in [3.8, 4) is 5.75 Å². The van der Waals surface area contributed by atoms with Crippen molar-refractivity contribution >= 4 is 11.9 Å². The van der Waals surface area contributed by atoms with E-state index in [1.807, 2.05) is 31.2 Å². The van der Waals surface area contributed by atoms with Crippen molar-refractivity contribution in [2.75, 3.05) is 19.7 Å². The van der Waals surface area contributed by atoms with Crippen LogP contribution >= 0.6 is 0 Å². The molecule has 0 heterocycles. The van der Waals surface area contributed by atoms with Crippen molar-refractivity contribution in [1.82, 2.24) is 16.0 Å². The van der Waals surface area contributed by atoms with Crippen molar-refractivity contribution in [2.24, 2.45) is 10.9 Å². The van der Waals surface area contributed by atoms with Crippen molar-refractivity contribution in [3.63, 3.8) is 0 Å². The second kappa shape index (κ2) is 9.91. The molecule has 1 saturated carbocycles. The highest BCUT2D eigenvalue weighted by atomic mass is 16.5. The van der Waals surface area contributed by atoms with Crippen LogP contribution in [0, 0.1) is 5.92 Å². The van der Waals surface area contributed by atoms with Crippen LogP contribution in [-0.4, -0.2) is 37.6 Å². The zero-order chi connectivity index (χ0) is 18.1. The molecule has 0 unspecified atom stereocenters. The third-order valence-electron chi connectivity index (χ3n) is 3.65. The van der Waals surface area contributed by atoms with Crippen LogP contribution in [0.1, 0.15) is 39.2 Å². The third-order valence-corrected chi connectivity index (χ3v) is 3.65. The Morgan fingerprint density at radius 2 is 2.12 bits per heavy atom. The average molecular weight is 346 g/mol. The number of hydrogen-bond donors (Lipinski definition) is 3. The molecule has 0 aromatic heterocycles. The van der Waals surface area contributed by atoms with Crippen LogP contribution < -0.4 is 20.7 Å². The number of benzene rings is 1. The Balaban J connectivity index is 1.85. The minimum absolute atomic E-state index is 0.0572. The smallest absolute Gasteiger partial charge is 0.258 e. The van der Waals surface area contributed by atoms with Gasteiger partial charge >= 0.3 is 0 Å². The van der Waals surface area contributed by atoms with E-state index in [4.69, 9.17) is 4.74 Å². The fraction of sp³-hybridized carbons (Fsp3) is 0.579. The molecular weight excluding hydrogens is 316 g/mol. The first-order chi connectivity index (χ1) is 12.1. The van der Waals surface area contributed by atoms with Crippen molar-refractivity contribution in [2.45, 2.75) is 46.2 Å². The summed E-state index contributed by atoms with van der Waals surface area (Å²) in [5, 5.41) is 9.48. The lowest BCUT2D eigenvalue weighted by atomic mass is 10.2. The van der Waals surface area contributed by atoms with Gasteiger partial charge in [-0.3, -0.25) is 4.79 Å². The summed E-state index contributed by atoms with van der Waals surface area (Å²) in [4.78, 5) is 16.3. The van der Waals surface area contributed by atoms with E-state index >= 15 is 0 Å². The molecule has 0 bridgehead atoms. The van der Waals surface area contributed by atoms with Crippen LogP contribution in [0.2, 0.25) is 0 Å². The lowest BCUT2D eigenvalue weighted by Gasteiger charge is -2.13. The molecule has 0 radical (unpaired) electrons. The van der Waals surface area contributed by atoms with Gasteiger partial charge in [0.15, 0.2) is 12.6 Å². The van der Waals surface area contributed by atoms with Gasteiger partial charge in [0.2, 0.25) is 0 Å². The number of carbonyl (C=O) groups is 1. The van der Waals surface area contributed by atoms with Gasteiger partial charge < -0.3 is 20.7 Å². The Bertz CT molecular complexity index is 583. The van der Waals surface area contributed by atoms with Crippen LogP contribution in [0.3, 0.4) is 0 Å². The van der Waals surface area contributed by atoms with Gasteiger partial charge in [0.25, 0.3) is 5.91 Å². The summed E-state index contributed by atoms with van der Waals surface area (Å²) in [6, 6.07) is 8.08. The number of ether oxygens (including phenoxy) is 1. The predicted molar refractivity (Wildman–Crippen MR) is 101 cm³/mol. The van der Waals surface area contributed by atoms with Crippen molar-refractivity contribution in [1.29, 1.82) is 0 Å². The van der Waals surface area contributed by atoms with Gasteiger partial charge in [0.05, 0.1) is 6.54 Å². The number of hydrogen-bond acceptors (Lipinski definition) is 3. The number of aliphatic imine (C=N–C) groups is 1. The molecule has 0 spiro atoms. The average Bonchev–Trinajstić information content (AvgIpc) is 3.40. The molecule has 0 saturated heterocycles. The molecular formula is C19H30N4O2. The van der Waals surface area contributed by atoms with Gasteiger partial charge in [0.1, 0.15) is 5.75 Å². The molecule has 138 valence electrons. The molecule has 6 nitrogen and oxygen atoms in total. The lowest BCUT2D eigenvalue weighted by molar-refractivity contribution is -0.123. The van der Waals surface area contributed by atoms with E-state index < -0.39 is 0 Å². The summed E-state index contributed by atoms with van der Waals surface area (Å²) in [6.45, 7) is 8.69. The van der Waals surface area contributed by atoms with E-state index in [0.717, 1.165) is 37.5 Å². The summed E-state index contributed by atoms with van der Waals surface area (Å²) in [6.07, 6.45) is 2.16. The monoisotopic (exact) mass is 346 g/mol. The maximum absolute atomic E-state index is 11.7. The van der Waals surface area contributed by atoms with Gasteiger partial charge in [-0.1, -0.05) is 26.0 Å². The maximum atomic E-state index is 11.7. The topological polar surface area (TPSA) is 74.8 Å². The molecule has 3 N–H and O–H groups in total. The summed E-state index contributed by atoms with van der Waals surface area (Å²) < 4.78 is 5.58. The highest BCUT2D eigenvalue weighted by Gasteiger charge is 2.23. The molecule has 6 heteroatoms. The first-order valence-electron chi connectivity index (χ1n) is 9.10. The lowest BCUT2D eigenvalue weighted by Crippen LogP contribution is -2.39. The SMILES string of the molecule is CCNC(=NCc1cccc(OCC(=O)NC2CC2)c1)NCC(C)C. The summed E-state index contributed by atoms with van der Waals surface area (Å²) in [7, 11) is 0. The maximum Gasteiger partial charge on any atom is 0.258 e. The Kier molecular flexibility index (Phi) is 7.57. The highest BCUT2D eigenvalue weighted by Crippen LogP contribution is 2.18. The molecule has 2 rings (SSSR count). The van der Waals surface area contributed by atoms with E-state index in [1.54, 1.807) is 0 Å². The summed E-state index contributed by atoms with van der Waals surface area (Å²) in [5.41, 5.74) is 1.04. The van der Waals surface area contributed by atoms with Crippen LogP contribution in [0.5, 0.6) is 5.75 Å². The Hall–Kier alpha value is -2.24. The second-order valence-corrected chi connectivity index (χ2v) is 6.75. The van der Waals surface area contributed by atoms with Crippen LogP contribution in [0.25, 0.3) is 0 Å². The van der Waals surface area contributed by atoms with Crippen LogP contribution in [0.15, 0.2) is 29.3 Å². The molecule has 1 amide bonds. The van der Waals surface area contributed by atoms with E-state index in [0.29, 0.717) is 24.3 Å². The quantitative estimate of drug-likeness (QED) is 0.473. The van der Waals surface area contributed by atoms with E-state index in [2.05, 4.69) is 34.8 Å². The minimum atomic E-state index is -0.0572. The molecule has 1 aromatic rings. The molecule has 1 aliphatic carbocycles. The first-order valence-corrected chi connectivity index (χ1v) is 9.10. The fourth-order valence-electron chi connectivity index (χ4n) is 2.19. The standard InChI is InChI=1S/C19H30N4O2/c1-4-20-19(21-11-14(2)3)22-12-15-6-5-7-17(10-15)25-13-18(24)23-16-8-9-16/h5-7,10,14,16H,4,8-9,11-13H2,1-3H3,(H,23,24)(H2,20,21,22). The van der Waals surface area contributed by atoms with Crippen LogP contribution in [-0.2, 0) is 11.3 Å². The van der Waals surface area contributed by atoms with Gasteiger partial charge in [-0.05, 0) is 43.4 Å². The van der Waals surface area contributed by atoms with E-state index in [1.165, 1.54) is 0 Å². The van der Waals surface area contributed by atoms with E-state index in [9.17, 15) is 4.79 Å². The third kappa shape index (κ3) is 7.92. The van der Waals surface area contributed by atoms with Gasteiger partial charge in [-0.25, -0.2) is 4.99 Å². The molecule has 1 fully saturated rings. The zero-order valence-corrected chi connectivity index (χ0v) is 15.5. The molecule has 0 aliphatic heterocycles. The van der Waals surface area contributed by atoms with Crippen LogP contribution in [0.4, 0.5) is 0 Å².